The van der Waals surface area contributed by atoms with Crippen LogP contribution in [0.2, 0.25) is 0 Å². The Morgan fingerprint density at radius 1 is 1.53 bits per heavy atom. The molecule has 1 aromatic rings. The van der Waals surface area contributed by atoms with Gasteiger partial charge in [0.2, 0.25) is 0 Å². The van der Waals surface area contributed by atoms with Crippen LogP contribution >= 0.6 is 11.3 Å². The predicted octanol–water partition coefficient (Wildman–Crippen LogP) is 2.06. The molecule has 0 radical (unpaired) electrons. The second kappa shape index (κ2) is 4.24. The first-order valence-corrected chi connectivity index (χ1v) is 6.46. The SMILES string of the molecule is CN(C)CCC1(C)NCCc2ccsc21. The molecule has 1 aliphatic heterocycles. The smallest absolute Gasteiger partial charge is 0.0515 e. The Balaban J connectivity index is 2.16. The van der Waals surface area contributed by atoms with E-state index in [1.165, 1.54) is 12.8 Å². The van der Waals surface area contributed by atoms with E-state index in [0.29, 0.717) is 0 Å². The van der Waals surface area contributed by atoms with Gasteiger partial charge in [0.1, 0.15) is 0 Å². The van der Waals surface area contributed by atoms with E-state index in [0.717, 1.165) is 13.1 Å². The predicted molar refractivity (Wildman–Crippen MR) is 66.5 cm³/mol. The van der Waals surface area contributed by atoms with Crippen molar-refractivity contribution < 1.29 is 0 Å². The lowest BCUT2D eigenvalue weighted by molar-refractivity contribution is 0.278. The van der Waals surface area contributed by atoms with Crippen molar-refractivity contribution in [3.05, 3.63) is 21.9 Å². The number of nitrogens with zero attached hydrogens (tertiary/aromatic N) is 1. The van der Waals surface area contributed by atoms with Gasteiger partial charge in [-0.15, -0.1) is 11.3 Å². The molecule has 84 valence electrons. The van der Waals surface area contributed by atoms with E-state index >= 15 is 0 Å². The summed E-state index contributed by atoms with van der Waals surface area (Å²) in [5.74, 6) is 0. The van der Waals surface area contributed by atoms with E-state index in [4.69, 9.17) is 0 Å². The molecule has 1 aliphatic rings. The molecule has 1 aromatic heterocycles. The van der Waals surface area contributed by atoms with Gasteiger partial charge in [0.25, 0.3) is 0 Å². The highest BCUT2D eigenvalue weighted by molar-refractivity contribution is 7.10. The summed E-state index contributed by atoms with van der Waals surface area (Å²) in [5.41, 5.74) is 1.76. The van der Waals surface area contributed by atoms with Crippen molar-refractivity contribution in [3.8, 4) is 0 Å². The second-order valence-corrected chi connectivity index (χ2v) is 5.75. The van der Waals surface area contributed by atoms with E-state index in [2.05, 4.69) is 42.7 Å². The van der Waals surface area contributed by atoms with Gasteiger partial charge in [-0.2, -0.15) is 0 Å². The number of hydrogen-bond acceptors (Lipinski definition) is 3. The zero-order chi connectivity index (χ0) is 10.9. The summed E-state index contributed by atoms with van der Waals surface area (Å²) >= 11 is 1.90. The summed E-state index contributed by atoms with van der Waals surface area (Å²) in [6.07, 6.45) is 2.38. The van der Waals surface area contributed by atoms with Gasteiger partial charge in [0.05, 0.1) is 5.54 Å². The van der Waals surface area contributed by atoms with Crippen LogP contribution in [0.5, 0.6) is 0 Å². The van der Waals surface area contributed by atoms with Gasteiger partial charge in [-0.05, 0) is 57.4 Å². The third kappa shape index (κ3) is 2.25. The molecule has 2 nitrogen and oxygen atoms in total. The second-order valence-electron chi connectivity index (χ2n) is 4.84. The Labute approximate surface area is 96.3 Å². The highest BCUT2D eigenvalue weighted by Gasteiger charge is 2.32. The van der Waals surface area contributed by atoms with Crippen LogP contribution in [-0.2, 0) is 12.0 Å². The summed E-state index contributed by atoms with van der Waals surface area (Å²) in [5, 5.41) is 5.90. The van der Waals surface area contributed by atoms with Crippen molar-refractivity contribution in [1.82, 2.24) is 10.2 Å². The number of thiophene rings is 1. The maximum absolute atomic E-state index is 3.68. The van der Waals surface area contributed by atoms with E-state index < -0.39 is 0 Å². The molecule has 0 fully saturated rings. The Morgan fingerprint density at radius 2 is 2.33 bits per heavy atom. The molecule has 0 aliphatic carbocycles. The van der Waals surface area contributed by atoms with Gasteiger partial charge in [0, 0.05) is 11.4 Å². The normalized spacial score (nSPS) is 25.6. The van der Waals surface area contributed by atoms with Crippen LogP contribution in [0.3, 0.4) is 0 Å². The molecule has 1 N–H and O–H groups in total. The van der Waals surface area contributed by atoms with Crippen molar-refractivity contribution in [2.75, 3.05) is 27.2 Å². The molecule has 0 saturated heterocycles. The molecule has 0 spiro atoms. The van der Waals surface area contributed by atoms with Crippen molar-refractivity contribution in [1.29, 1.82) is 0 Å². The van der Waals surface area contributed by atoms with Crippen molar-refractivity contribution >= 4 is 11.3 Å². The summed E-state index contributed by atoms with van der Waals surface area (Å²) in [4.78, 5) is 3.81. The van der Waals surface area contributed by atoms with E-state index in [1.807, 2.05) is 11.3 Å². The Hall–Kier alpha value is -0.380. The third-order valence-electron chi connectivity index (χ3n) is 3.22. The van der Waals surface area contributed by atoms with Crippen LogP contribution in [-0.4, -0.2) is 32.1 Å². The van der Waals surface area contributed by atoms with Gasteiger partial charge >= 0.3 is 0 Å². The van der Waals surface area contributed by atoms with Crippen LogP contribution in [0.25, 0.3) is 0 Å². The summed E-state index contributed by atoms with van der Waals surface area (Å²) in [6, 6.07) is 2.29. The van der Waals surface area contributed by atoms with Gasteiger partial charge in [-0.3, -0.25) is 0 Å². The number of nitrogens with one attached hydrogen (secondary N) is 1. The molecule has 0 amide bonds. The topological polar surface area (TPSA) is 15.3 Å². The zero-order valence-electron chi connectivity index (χ0n) is 9.84. The minimum atomic E-state index is 0.200. The average molecular weight is 224 g/mol. The molecule has 1 atom stereocenters. The third-order valence-corrected chi connectivity index (χ3v) is 4.44. The summed E-state index contributed by atoms with van der Waals surface area (Å²) in [6.45, 7) is 4.60. The fourth-order valence-electron chi connectivity index (χ4n) is 2.22. The molecule has 0 saturated carbocycles. The first-order chi connectivity index (χ1) is 7.12. The fraction of sp³-hybridized carbons (Fsp3) is 0.667. The fourth-order valence-corrected chi connectivity index (χ4v) is 3.34. The minimum absolute atomic E-state index is 0.200. The standard InChI is InChI=1S/C12H20N2S/c1-12(6-8-14(2)3)11-10(4-7-13-12)5-9-15-11/h5,9,13H,4,6-8H2,1-3H3. The van der Waals surface area contributed by atoms with Crippen molar-refractivity contribution in [3.63, 3.8) is 0 Å². The maximum atomic E-state index is 3.68. The maximum Gasteiger partial charge on any atom is 0.0515 e. The Kier molecular flexibility index (Phi) is 3.14. The van der Waals surface area contributed by atoms with Crippen molar-refractivity contribution in [2.24, 2.45) is 0 Å². The minimum Gasteiger partial charge on any atom is -0.309 e. The van der Waals surface area contributed by atoms with Crippen LogP contribution < -0.4 is 5.32 Å². The van der Waals surface area contributed by atoms with E-state index in [1.54, 1.807) is 10.4 Å². The van der Waals surface area contributed by atoms with Crippen LogP contribution in [0.1, 0.15) is 23.8 Å². The number of rotatable bonds is 3. The molecule has 0 bridgehead atoms. The molecular weight excluding hydrogens is 204 g/mol. The zero-order valence-corrected chi connectivity index (χ0v) is 10.7. The van der Waals surface area contributed by atoms with Gasteiger partial charge in [0.15, 0.2) is 0 Å². The van der Waals surface area contributed by atoms with Crippen LogP contribution in [0.4, 0.5) is 0 Å². The lowest BCUT2D eigenvalue weighted by Crippen LogP contribution is -2.45. The van der Waals surface area contributed by atoms with Crippen molar-refractivity contribution in [2.45, 2.75) is 25.3 Å². The molecule has 1 unspecified atom stereocenters. The first kappa shape index (κ1) is 11.1. The monoisotopic (exact) mass is 224 g/mol. The molecule has 0 aromatic carbocycles. The number of fused-ring (bicyclic) bond motifs is 1. The molecule has 2 rings (SSSR count). The molecular formula is C12H20N2S. The van der Waals surface area contributed by atoms with E-state index in [9.17, 15) is 0 Å². The summed E-state index contributed by atoms with van der Waals surface area (Å²) in [7, 11) is 4.28. The van der Waals surface area contributed by atoms with Crippen LogP contribution in [0.15, 0.2) is 11.4 Å². The number of hydrogen-bond donors (Lipinski definition) is 1. The van der Waals surface area contributed by atoms with Crippen LogP contribution in [0, 0.1) is 0 Å². The highest BCUT2D eigenvalue weighted by atomic mass is 32.1. The lowest BCUT2D eigenvalue weighted by atomic mass is 9.88. The van der Waals surface area contributed by atoms with Gasteiger partial charge in [-0.25, -0.2) is 0 Å². The molecule has 2 heterocycles. The average Bonchev–Trinajstić information content (AvgIpc) is 2.65. The van der Waals surface area contributed by atoms with Gasteiger partial charge in [-0.1, -0.05) is 0 Å². The van der Waals surface area contributed by atoms with E-state index in [-0.39, 0.29) is 5.54 Å². The molecule has 15 heavy (non-hydrogen) atoms. The Bertz CT molecular complexity index is 332. The van der Waals surface area contributed by atoms with Gasteiger partial charge < -0.3 is 10.2 Å². The lowest BCUT2D eigenvalue weighted by Gasteiger charge is -2.36. The highest BCUT2D eigenvalue weighted by Crippen LogP contribution is 2.35. The summed E-state index contributed by atoms with van der Waals surface area (Å²) < 4.78 is 0. The Morgan fingerprint density at radius 3 is 3.07 bits per heavy atom. The largest absolute Gasteiger partial charge is 0.309 e. The first-order valence-electron chi connectivity index (χ1n) is 5.58. The molecule has 3 heteroatoms. The quantitative estimate of drug-likeness (QED) is 0.845.